The molecule has 2 amide bonds. The maximum atomic E-state index is 13.5. The maximum Gasteiger partial charge on any atom is 0.422 e. The van der Waals surface area contributed by atoms with Gasteiger partial charge in [0, 0.05) is 25.4 Å². The lowest BCUT2D eigenvalue weighted by Crippen LogP contribution is -2.39. The Morgan fingerprint density at radius 2 is 1.80 bits per heavy atom. The Morgan fingerprint density at radius 1 is 1.03 bits per heavy atom. The summed E-state index contributed by atoms with van der Waals surface area (Å²) in [4.78, 5) is 20.8. The topological polar surface area (TPSA) is 81.1 Å². The third-order valence-electron chi connectivity index (χ3n) is 5.12. The number of fused-ring (bicyclic) bond motifs is 1. The van der Waals surface area contributed by atoms with E-state index in [0.29, 0.717) is 17.7 Å². The predicted octanol–water partition coefficient (Wildman–Crippen LogP) is 4.75. The number of urea groups is 1. The molecule has 2 aromatic heterocycles. The highest BCUT2D eigenvalue weighted by Gasteiger charge is 2.28. The standard InChI is InChI=1S/C24H21F4N5O2/c25-18-8-6-17(7-9-18)20(13-33-15-31-19-3-1-2-4-21(19)33)32-23(34)30-12-16-5-10-22(29-11-16)35-14-24(26,27)28/h1-11,15,20H,12-14H2,(H2,30,32,34). The average molecular weight is 487 g/mol. The molecular formula is C24H21F4N5O2. The number of ether oxygens (including phenoxy) is 1. The number of aromatic nitrogens is 3. The van der Waals surface area contributed by atoms with Gasteiger partial charge in [-0.25, -0.2) is 19.2 Å². The van der Waals surface area contributed by atoms with E-state index in [-0.39, 0.29) is 18.2 Å². The van der Waals surface area contributed by atoms with Crippen molar-refractivity contribution in [1.82, 2.24) is 25.2 Å². The highest BCUT2D eigenvalue weighted by Crippen LogP contribution is 2.20. The monoisotopic (exact) mass is 487 g/mol. The van der Waals surface area contributed by atoms with Gasteiger partial charge in [-0.05, 0) is 35.4 Å². The number of carbonyl (C=O) groups excluding carboxylic acids is 1. The number of hydrogen-bond donors (Lipinski definition) is 2. The zero-order valence-corrected chi connectivity index (χ0v) is 18.3. The van der Waals surface area contributed by atoms with Gasteiger partial charge in [0.25, 0.3) is 0 Å². The smallest absolute Gasteiger partial charge is 0.422 e. The van der Waals surface area contributed by atoms with E-state index in [0.717, 1.165) is 11.0 Å². The summed E-state index contributed by atoms with van der Waals surface area (Å²) in [6.07, 6.45) is -1.46. The van der Waals surface area contributed by atoms with Crippen LogP contribution < -0.4 is 15.4 Å². The summed E-state index contributed by atoms with van der Waals surface area (Å²) in [5.41, 5.74) is 2.97. The Bertz CT molecular complexity index is 1270. The number of nitrogens with zero attached hydrogens (tertiary/aromatic N) is 3. The molecule has 7 nitrogen and oxygen atoms in total. The van der Waals surface area contributed by atoms with Crippen LogP contribution in [0.4, 0.5) is 22.4 Å². The van der Waals surface area contributed by atoms with Crippen molar-refractivity contribution in [3.63, 3.8) is 0 Å². The van der Waals surface area contributed by atoms with Crippen LogP contribution >= 0.6 is 0 Å². The molecule has 0 fully saturated rings. The van der Waals surface area contributed by atoms with Crippen molar-refractivity contribution in [3.8, 4) is 5.88 Å². The second kappa shape index (κ2) is 10.4. The average Bonchev–Trinajstić information content (AvgIpc) is 3.24. The van der Waals surface area contributed by atoms with E-state index in [4.69, 9.17) is 0 Å². The van der Waals surface area contributed by atoms with Gasteiger partial charge in [0.15, 0.2) is 6.61 Å². The molecule has 0 radical (unpaired) electrons. The molecule has 0 saturated heterocycles. The molecule has 35 heavy (non-hydrogen) atoms. The molecule has 0 aliphatic rings. The number of benzene rings is 2. The number of amides is 2. The molecular weight excluding hydrogens is 466 g/mol. The van der Waals surface area contributed by atoms with Crippen LogP contribution in [0.1, 0.15) is 17.2 Å². The van der Waals surface area contributed by atoms with Crippen molar-refractivity contribution in [2.75, 3.05) is 6.61 Å². The molecule has 0 aliphatic heterocycles. The Kier molecular flexibility index (Phi) is 7.14. The molecule has 1 atom stereocenters. The number of carbonyl (C=O) groups is 1. The Morgan fingerprint density at radius 3 is 2.51 bits per heavy atom. The first kappa shape index (κ1) is 24.0. The highest BCUT2D eigenvalue weighted by atomic mass is 19.4. The predicted molar refractivity (Wildman–Crippen MR) is 120 cm³/mol. The van der Waals surface area contributed by atoms with Gasteiger partial charge in [-0.3, -0.25) is 0 Å². The fraction of sp³-hybridized carbons (Fsp3) is 0.208. The van der Waals surface area contributed by atoms with E-state index in [1.54, 1.807) is 18.5 Å². The summed E-state index contributed by atoms with van der Waals surface area (Å²) in [5.74, 6) is -0.556. The van der Waals surface area contributed by atoms with Crippen molar-refractivity contribution in [2.45, 2.75) is 25.3 Å². The zero-order chi connectivity index (χ0) is 24.8. The number of alkyl halides is 3. The Labute approximate surface area is 197 Å². The summed E-state index contributed by atoms with van der Waals surface area (Å²) in [7, 11) is 0. The fourth-order valence-corrected chi connectivity index (χ4v) is 3.43. The Hall–Kier alpha value is -4.15. The number of pyridine rings is 1. The van der Waals surface area contributed by atoms with Crippen LogP contribution in [-0.2, 0) is 13.1 Å². The number of hydrogen-bond acceptors (Lipinski definition) is 4. The molecule has 2 heterocycles. The summed E-state index contributed by atoms with van der Waals surface area (Å²) >= 11 is 0. The van der Waals surface area contributed by atoms with Crippen molar-refractivity contribution in [2.24, 2.45) is 0 Å². The van der Waals surface area contributed by atoms with Gasteiger partial charge >= 0.3 is 12.2 Å². The molecule has 1 unspecified atom stereocenters. The molecule has 2 N–H and O–H groups in total. The number of halogens is 4. The van der Waals surface area contributed by atoms with Crippen molar-refractivity contribution in [1.29, 1.82) is 0 Å². The minimum absolute atomic E-state index is 0.0858. The number of rotatable bonds is 8. The second-order valence-corrected chi connectivity index (χ2v) is 7.73. The molecule has 11 heteroatoms. The van der Waals surface area contributed by atoms with Crippen LogP contribution in [0.5, 0.6) is 5.88 Å². The summed E-state index contributed by atoms with van der Waals surface area (Å²) in [6, 6.07) is 15.2. The van der Waals surface area contributed by atoms with Gasteiger partial charge in [-0.2, -0.15) is 13.2 Å². The van der Waals surface area contributed by atoms with Gasteiger partial charge in [-0.15, -0.1) is 0 Å². The van der Waals surface area contributed by atoms with Crippen LogP contribution in [0.2, 0.25) is 0 Å². The Balaban J connectivity index is 1.40. The summed E-state index contributed by atoms with van der Waals surface area (Å²) in [5, 5.41) is 5.58. The van der Waals surface area contributed by atoms with Crippen LogP contribution in [0.25, 0.3) is 11.0 Å². The maximum absolute atomic E-state index is 13.5. The molecule has 4 rings (SSSR count). The van der Waals surface area contributed by atoms with Gasteiger partial charge in [0.2, 0.25) is 5.88 Å². The van der Waals surface area contributed by atoms with Crippen molar-refractivity contribution < 1.29 is 27.1 Å². The van der Waals surface area contributed by atoms with E-state index >= 15 is 0 Å². The van der Waals surface area contributed by atoms with Crippen LogP contribution in [0, 0.1) is 5.82 Å². The second-order valence-electron chi connectivity index (χ2n) is 7.73. The van der Waals surface area contributed by atoms with E-state index in [9.17, 15) is 22.4 Å². The minimum atomic E-state index is -4.45. The number of nitrogens with one attached hydrogen (secondary N) is 2. The molecule has 182 valence electrons. The van der Waals surface area contributed by atoms with Crippen molar-refractivity contribution >= 4 is 17.1 Å². The van der Waals surface area contributed by atoms with Crippen LogP contribution in [0.3, 0.4) is 0 Å². The molecule has 0 saturated carbocycles. The first-order chi connectivity index (χ1) is 16.8. The zero-order valence-electron chi connectivity index (χ0n) is 18.3. The normalized spacial score (nSPS) is 12.3. The minimum Gasteiger partial charge on any atom is -0.468 e. The molecule has 4 aromatic rings. The molecule has 2 aromatic carbocycles. The lowest BCUT2D eigenvalue weighted by Gasteiger charge is -2.21. The van der Waals surface area contributed by atoms with Gasteiger partial charge in [-0.1, -0.05) is 30.3 Å². The molecule has 0 spiro atoms. The first-order valence-electron chi connectivity index (χ1n) is 10.6. The largest absolute Gasteiger partial charge is 0.468 e. The van der Waals surface area contributed by atoms with Crippen molar-refractivity contribution in [3.05, 3.63) is 90.1 Å². The van der Waals surface area contributed by atoms with E-state index in [1.807, 2.05) is 28.8 Å². The van der Waals surface area contributed by atoms with E-state index < -0.39 is 24.9 Å². The summed E-state index contributed by atoms with van der Waals surface area (Å²) < 4.78 is 56.6. The highest BCUT2D eigenvalue weighted by molar-refractivity contribution is 5.76. The van der Waals surface area contributed by atoms with Gasteiger partial charge in [0.05, 0.1) is 23.4 Å². The lowest BCUT2D eigenvalue weighted by molar-refractivity contribution is -0.154. The number of imidazole rings is 1. The quantitative estimate of drug-likeness (QED) is 0.352. The fourth-order valence-electron chi connectivity index (χ4n) is 3.43. The van der Waals surface area contributed by atoms with E-state index in [1.165, 1.54) is 30.5 Å². The van der Waals surface area contributed by atoms with Crippen LogP contribution in [0.15, 0.2) is 73.2 Å². The summed E-state index contributed by atoms with van der Waals surface area (Å²) in [6.45, 7) is -0.994. The molecule has 0 bridgehead atoms. The third kappa shape index (κ3) is 6.69. The third-order valence-corrected chi connectivity index (χ3v) is 5.12. The van der Waals surface area contributed by atoms with Gasteiger partial charge < -0.3 is 19.9 Å². The number of para-hydroxylation sites is 2. The first-order valence-corrected chi connectivity index (χ1v) is 10.6. The lowest BCUT2D eigenvalue weighted by atomic mass is 10.1. The SMILES string of the molecule is O=C(NCc1ccc(OCC(F)(F)F)nc1)NC(Cn1cnc2ccccc21)c1ccc(F)cc1. The van der Waals surface area contributed by atoms with E-state index in [2.05, 4.69) is 25.3 Å². The van der Waals surface area contributed by atoms with Gasteiger partial charge in [0.1, 0.15) is 5.82 Å². The van der Waals surface area contributed by atoms with Crippen LogP contribution in [-0.4, -0.2) is 33.3 Å². The molecule has 0 aliphatic carbocycles.